The Morgan fingerprint density at radius 1 is 1.33 bits per heavy atom. The van der Waals surface area contributed by atoms with E-state index in [-0.39, 0.29) is 0 Å². The zero-order chi connectivity index (χ0) is 12.6. The van der Waals surface area contributed by atoms with Crippen LogP contribution in [0.1, 0.15) is 12.8 Å². The van der Waals surface area contributed by atoms with E-state index in [2.05, 4.69) is 15.5 Å². The van der Waals surface area contributed by atoms with Crippen molar-refractivity contribution in [2.24, 2.45) is 5.41 Å². The minimum Gasteiger partial charge on any atom is -0.481 e. The van der Waals surface area contributed by atoms with Crippen LogP contribution in [-0.4, -0.2) is 31.3 Å². The van der Waals surface area contributed by atoms with Crippen molar-refractivity contribution in [3.63, 3.8) is 0 Å². The summed E-state index contributed by atoms with van der Waals surface area (Å²) in [4.78, 5) is 11.2. The molecule has 0 unspecified atom stereocenters. The van der Waals surface area contributed by atoms with E-state index >= 15 is 0 Å². The van der Waals surface area contributed by atoms with Crippen LogP contribution in [-0.2, 0) is 11.3 Å². The second-order valence-corrected chi connectivity index (χ2v) is 4.61. The van der Waals surface area contributed by atoms with Crippen LogP contribution in [0.5, 0.6) is 0 Å². The largest absolute Gasteiger partial charge is 0.481 e. The summed E-state index contributed by atoms with van der Waals surface area (Å²) in [5.41, 5.74) is 0.225. The lowest BCUT2D eigenvalue weighted by Crippen LogP contribution is -2.22. The molecular formula is C12H12N4O2. The molecule has 0 atom stereocenters. The van der Waals surface area contributed by atoms with Gasteiger partial charge in [-0.25, -0.2) is 4.68 Å². The summed E-state index contributed by atoms with van der Waals surface area (Å²) in [7, 11) is 0. The van der Waals surface area contributed by atoms with E-state index in [0.29, 0.717) is 25.2 Å². The monoisotopic (exact) mass is 244 g/mol. The number of hydrogen-bond donors (Lipinski definition) is 1. The van der Waals surface area contributed by atoms with E-state index < -0.39 is 11.4 Å². The molecule has 0 bridgehead atoms. The van der Waals surface area contributed by atoms with Crippen LogP contribution in [0.4, 0.5) is 0 Å². The Kier molecular flexibility index (Phi) is 2.36. The summed E-state index contributed by atoms with van der Waals surface area (Å²) >= 11 is 0. The first-order chi connectivity index (χ1) is 8.71. The summed E-state index contributed by atoms with van der Waals surface area (Å²) < 4.78 is 1.58. The van der Waals surface area contributed by atoms with Gasteiger partial charge in [-0.3, -0.25) is 4.79 Å². The van der Waals surface area contributed by atoms with E-state index in [1.54, 1.807) is 4.68 Å². The average Bonchev–Trinajstić information content (AvgIpc) is 3.02. The maximum atomic E-state index is 11.2. The van der Waals surface area contributed by atoms with Gasteiger partial charge in [-0.2, -0.15) is 0 Å². The molecule has 6 heteroatoms. The van der Waals surface area contributed by atoms with Gasteiger partial charge in [0.1, 0.15) is 0 Å². The Balaban J connectivity index is 1.91. The number of carboxylic acids is 1. The van der Waals surface area contributed by atoms with Gasteiger partial charge < -0.3 is 5.11 Å². The number of benzene rings is 1. The summed E-state index contributed by atoms with van der Waals surface area (Å²) in [6.07, 6.45) is 1.38. The number of aliphatic carboxylic acids is 1. The smallest absolute Gasteiger partial charge is 0.311 e. The zero-order valence-electron chi connectivity index (χ0n) is 9.65. The molecule has 0 aliphatic heterocycles. The topological polar surface area (TPSA) is 80.9 Å². The molecule has 1 heterocycles. The van der Waals surface area contributed by atoms with Crippen LogP contribution < -0.4 is 0 Å². The van der Waals surface area contributed by atoms with Crippen molar-refractivity contribution in [3.8, 4) is 11.4 Å². The molecule has 1 aliphatic rings. The van der Waals surface area contributed by atoms with Gasteiger partial charge in [-0.05, 0) is 23.3 Å². The molecule has 0 spiro atoms. The summed E-state index contributed by atoms with van der Waals surface area (Å²) in [6.45, 7) is 0.333. The van der Waals surface area contributed by atoms with Crippen LogP contribution in [0, 0.1) is 5.41 Å². The first kappa shape index (κ1) is 10.9. The Labute approximate surface area is 103 Å². The van der Waals surface area contributed by atoms with Gasteiger partial charge in [0.05, 0.1) is 12.0 Å². The normalized spacial score (nSPS) is 16.4. The Morgan fingerprint density at radius 3 is 2.67 bits per heavy atom. The Bertz CT molecular complexity index is 575. The number of carbonyl (C=O) groups is 1. The van der Waals surface area contributed by atoms with Crippen LogP contribution in [0.3, 0.4) is 0 Å². The fourth-order valence-electron chi connectivity index (χ4n) is 1.98. The summed E-state index contributed by atoms with van der Waals surface area (Å²) in [6, 6.07) is 9.53. The number of aromatic nitrogens is 4. The lowest BCUT2D eigenvalue weighted by atomic mass is 10.1. The molecule has 6 nitrogen and oxygen atoms in total. The van der Waals surface area contributed by atoms with Crippen molar-refractivity contribution in [2.45, 2.75) is 19.4 Å². The highest BCUT2D eigenvalue weighted by Gasteiger charge is 2.51. The first-order valence-corrected chi connectivity index (χ1v) is 5.76. The Morgan fingerprint density at radius 2 is 2.06 bits per heavy atom. The second-order valence-electron chi connectivity index (χ2n) is 4.61. The minimum absolute atomic E-state index is 0.333. The Hall–Kier alpha value is -2.24. The van der Waals surface area contributed by atoms with Gasteiger partial charge in [0.2, 0.25) is 0 Å². The molecule has 1 N–H and O–H groups in total. The molecular weight excluding hydrogens is 232 g/mol. The maximum absolute atomic E-state index is 11.2. The van der Waals surface area contributed by atoms with E-state index in [1.165, 1.54) is 0 Å². The number of nitrogens with zero attached hydrogens (tertiary/aromatic N) is 4. The lowest BCUT2D eigenvalue weighted by molar-refractivity contribution is -0.144. The zero-order valence-corrected chi connectivity index (χ0v) is 9.65. The van der Waals surface area contributed by atoms with Gasteiger partial charge >= 0.3 is 5.97 Å². The third-order valence-electron chi connectivity index (χ3n) is 3.32. The molecule has 1 aromatic carbocycles. The predicted octanol–water partition coefficient (Wildman–Crippen LogP) is 1.20. The summed E-state index contributed by atoms with van der Waals surface area (Å²) in [5, 5.41) is 20.7. The van der Waals surface area contributed by atoms with Crippen molar-refractivity contribution >= 4 is 5.97 Å². The molecule has 92 valence electrons. The van der Waals surface area contributed by atoms with Crippen molar-refractivity contribution < 1.29 is 9.90 Å². The van der Waals surface area contributed by atoms with Gasteiger partial charge in [0.25, 0.3) is 0 Å². The highest BCUT2D eigenvalue weighted by molar-refractivity contribution is 5.77. The minimum atomic E-state index is -0.767. The van der Waals surface area contributed by atoms with Crippen molar-refractivity contribution in [1.29, 1.82) is 0 Å². The fourth-order valence-corrected chi connectivity index (χ4v) is 1.98. The number of hydrogen-bond acceptors (Lipinski definition) is 4. The number of rotatable bonds is 4. The van der Waals surface area contributed by atoms with Crippen LogP contribution in [0.15, 0.2) is 30.3 Å². The molecule has 18 heavy (non-hydrogen) atoms. The van der Waals surface area contributed by atoms with Crippen LogP contribution in [0.2, 0.25) is 0 Å². The van der Waals surface area contributed by atoms with Gasteiger partial charge in [0.15, 0.2) is 5.82 Å². The predicted molar refractivity (Wildman–Crippen MR) is 62.6 cm³/mol. The van der Waals surface area contributed by atoms with E-state index in [0.717, 1.165) is 5.56 Å². The molecule has 1 fully saturated rings. The third-order valence-corrected chi connectivity index (χ3v) is 3.32. The van der Waals surface area contributed by atoms with E-state index in [9.17, 15) is 9.90 Å². The van der Waals surface area contributed by atoms with Crippen molar-refractivity contribution in [3.05, 3.63) is 30.3 Å². The molecule has 3 rings (SSSR count). The quantitative estimate of drug-likeness (QED) is 0.874. The highest BCUT2D eigenvalue weighted by atomic mass is 16.4. The average molecular weight is 244 g/mol. The number of tetrazole rings is 1. The molecule has 2 aromatic rings. The fraction of sp³-hybridized carbons (Fsp3) is 0.333. The van der Waals surface area contributed by atoms with E-state index in [4.69, 9.17) is 0 Å². The summed E-state index contributed by atoms with van der Waals surface area (Å²) in [5.74, 6) is -0.153. The molecule has 1 aromatic heterocycles. The number of carboxylic acid groups (broad SMARTS) is 1. The molecule has 0 radical (unpaired) electrons. The molecule has 0 amide bonds. The lowest BCUT2D eigenvalue weighted by Gasteiger charge is -2.10. The molecule has 1 saturated carbocycles. The van der Waals surface area contributed by atoms with Gasteiger partial charge in [-0.1, -0.05) is 30.3 Å². The van der Waals surface area contributed by atoms with Crippen LogP contribution in [0.25, 0.3) is 11.4 Å². The first-order valence-electron chi connectivity index (χ1n) is 5.76. The molecule has 1 aliphatic carbocycles. The third kappa shape index (κ3) is 1.75. The maximum Gasteiger partial charge on any atom is 0.311 e. The standard InChI is InChI=1S/C12H12N4O2/c17-11(18)12(6-7-12)8-16-10(13-14-15-16)9-4-2-1-3-5-9/h1-5H,6-8H2,(H,17,18). The van der Waals surface area contributed by atoms with Gasteiger partial charge in [0, 0.05) is 5.56 Å². The van der Waals surface area contributed by atoms with Crippen molar-refractivity contribution in [1.82, 2.24) is 20.2 Å². The van der Waals surface area contributed by atoms with E-state index in [1.807, 2.05) is 30.3 Å². The van der Waals surface area contributed by atoms with Crippen molar-refractivity contribution in [2.75, 3.05) is 0 Å². The highest BCUT2D eigenvalue weighted by Crippen LogP contribution is 2.47. The second kappa shape index (κ2) is 3.90. The molecule has 0 saturated heterocycles. The van der Waals surface area contributed by atoms with Crippen LogP contribution >= 0.6 is 0 Å². The SMILES string of the molecule is O=C(O)C1(Cn2nnnc2-c2ccccc2)CC1. The van der Waals surface area contributed by atoms with Gasteiger partial charge in [-0.15, -0.1) is 5.10 Å².